The number of rotatable bonds is 2. The van der Waals surface area contributed by atoms with Gasteiger partial charge in [-0.3, -0.25) is 0 Å². The Bertz CT molecular complexity index is 427. The van der Waals surface area contributed by atoms with Gasteiger partial charge in [-0.2, -0.15) is 0 Å². The van der Waals surface area contributed by atoms with Gasteiger partial charge in [0.25, 0.3) is 0 Å². The number of fused-ring (bicyclic) bond motifs is 1. The van der Waals surface area contributed by atoms with Crippen LogP contribution in [0.4, 0.5) is 0 Å². The third-order valence-electron chi connectivity index (χ3n) is 1.75. The van der Waals surface area contributed by atoms with E-state index < -0.39 is 0 Å². The number of aromatic nitrogens is 1. The van der Waals surface area contributed by atoms with Crippen molar-refractivity contribution in [3.63, 3.8) is 0 Å². The summed E-state index contributed by atoms with van der Waals surface area (Å²) in [4.78, 5) is 0. The predicted molar refractivity (Wildman–Crippen MR) is 45.9 cm³/mol. The third-order valence-corrected chi connectivity index (χ3v) is 1.75. The maximum absolute atomic E-state index is 5.06. The first-order chi connectivity index (χ1) is 6.35. The van der Waals surface area contributed by atoms with E-state index in [9.17, 15) is 0 Å². The average Bonchev–Trinajstić information content (AvgIpc) is 2.63. The van der Waals surface area contributed by atoms with Crippen LogP contribution in [0, 0.1) is 6.07 Å². The second kappa shape index (κ2) is 4.48. The van der Waals surface area contributed by atoms with E-state index in [2.05, 4.69) is 11.2 Å². The average molecular weight is 226 g/mol. The molecule has 1 aromatic carbocycles. The molecule has 0 fully saturated rings. The standard InChI is InChI=1S/C9H8NO3.Ti/c1-11-7-3-6-5-10-13-9(6)8(4-7)12-2;/h3,5H,1-2H3;/q-1;. The first-order valence-electron chi connectivity index (χ1n) is 3.74. The van der Waals surface area contributed by atoms with Gasteiger partial charge < -0.3 is 14.0 Å². The Morgan fingerprint density at radius 2 is 2.14 bits per heavy atom. The van der Waals surface area contributed by atoms with E-state index in [1.54, 1.807) is 26.5 Å². The summed E-state index contributed by atoms with van der Waals surface area (Å²) in [7, 11) is 3.12. The maximum atomic E-state index is 5.06. The summed E-state index contributed by atoms with van der Waals surface area (Å²) in [6.07, 6.45) is 1.61. The van der Waals surface area contributed by atoms with E-state index in [0.717, 1.165) is 5.39 Å². The quantitative estimate of drug-likeness (QED) is 0.576. The Morgan fingerprint density at radius 1 is 1.36 bits per heavy atom. The van der Waals surface area contributed by atoms with E-state index >= 15 is 0 Å². The molecule has 4 nitrogen and oxygen atoms in total. The number of hydrogen-bond acceptors (Lipinski definition) is 4. The molecule has 72 valence electrons. The molecule has 2 aromatic rings. The molecule has 5 heteroatoms. The molecule has 0 atom stereocenters. The summed E-state index contributed by atoms with van der Waals surface area (Å²) in [6, 6.07) is 4.68. The Labute approximate surface area is 96.0 Å². The van der Waals surface area contributed by atoms with Gasteiger partial charge in [0.05, 0.1) is 31.7 Å². The van der Waals surface area contributed by atoms with Crippen LogP contribution in [0.3, 0.4) is 0 Å². The molecule has 0 radical (unpaired) electrons. The number of methoxy groups -OCH3 is 2. The number of benzene rings is 1. The van der Waals surface area contributed by atoms with Crippen molar-refractivity contribution in [1.82, 2.24) is 5.16 Å². The molecule has 14 heavy (non-hydrogen) atoms. The van der Waals surface area contributed by atoms with Crippen molar-refractivity contribution < 1.29 is 35.7 Å². The van der Waals surface area contributed by atoms with Crippen molar-refractivity contribution in [1.29, 1.82) is 0 Å². The zero-order valence-corrected chi connectivity index (χ0v) is 9.39. The van der Waals surface area contributed by atoms with Gasteiger partial charge in [0.2, 0.25) is 0 Å². The van der Waals surface area contributed by atoms with Crippen LogP contribution in [0.1, 0.15) is 0 Å². The van der Waals surface area contributed by atoms with Gasteiger partial charge in [0.1, 0.15) is 0 Å². The third kappa shape index (κ3) is 1.76. The minimum Gasteiger partial charge on any atom is -0.522 e. The molecule has 0 bridgehead atoms. The monoisotopic (exact) mass is 226 g/mol. The molecule has 0 aliphatic carbocycles. The van der Waals surface area contributed by atoms with Crippen LogP contribution in [-0.2, 0) is 21.7 Å². The summed E-state index contributed by atoms with van der Waals surface area (Å²) in [5.74, 6) is 1.11. The van der Waals surface area contributed by atoms with Crippen LogP contribution < -0.4 is 9.47 Å². The second-order valence-corrected chi connectivity index (χ2v) is 2.48. The summed E-state index contributed by atoms with van der Waals surface area (Å²) < 4.78 is 15.1. The Kier molecular flexibility index (Phi) is 3.55. The topological polar surface area (TPSA) is 44.5 Å². The number of hydrogen-bond donors (Lipinski definition) is 0. The van der Waals surface area contributed by atoms with E-state index in [1.165, 1.54) is 0 Å². The molecule has 0 aliphatic rings. The van der Waals surface area contributed by atoms with Gasteiger partial charge >= 0.3 is 0 Å². The molecule has 0 amide bonds. The van der Waals surface area contributed by atoms with Gasteiger partial charge in [-0.25, -0.2) is 0 Å². The fraction of sp³-hybridized carbons (Fsp3) is 0.222. The van der Waals surface area contributed by atoms with Crippen LogP contribution in [0.15, 0.2) is 16.8 Å². The molecule has 0 N–H and O–H groups in total. The Morgan fingerprint density at radius 3 is 2.79 bits per heavy atom. The summed E-state index contributed by atoms with van der Waals surface area (Å²) >= 11 is 0. The molecule has 1 heterocycles. The first kappa shape index (κ1) is 11.1. The molecule has 0 saturated carbocycles. The van der Waals surface area contributed by atoms with E-state index in [-0.39, 0.29) is 21.7 Å². The predicted octanol–water partition coefficient (Wildman–Crippen LogP) is 1.64. The van der Waals surface area contributed by atoms with Crippen LogP contribution >= 0.6 is 0 Å². The van der Waals surface area contributed by atoms with Crippen molar-refractivity contribution in [3.05, 3.63) is 18.3 Å². The molecule has 0 unspecified atom stereocenters. The second-order valence-electron chi connectivity index (χ2n) is 2.48. The largest absolute Gasteiger partial charge is 0.522 e. The normalized spacial score (nSPS) is 9.57. The fourth-order valence-electron chi connectivity index (χ4n) is 1.12. The van der Waals surface area contributed by atoms with Gasteiger partial charge in [0.15, 0.2) is 0 Å². The van der Waals surface area contributed by atoms with Gasteiger partial charge in [-0.1, -0.05) is 11.5 Å². The summed E-state index contributed by atoms with van der Waals surface area (Å²) in [5.41, 5.74) is 0.586. The van der Waals surface area contributed by atoms with Crippen LogP contribution in [-0.4, -0.2) is 19.4 Å². The first-order valence-corrected chi connectivity index (χ1v) is 3.74. The fourth-order valence-corrected chi connectivity index (χ4v) is 1.12. The smallest absolute Gasteiger partial charge is 0.0948 e. The Balaban J connectivity index is 0.000000980. The zero-order valence-electron chi connectivity index (χ0n) is 7.83. The van der Waals surface area contributed by atoms with Crippen molar-refractivity contribution in [2.24, 2.45) is 0 Å². The van der Waals surface area contributed by atoms with Crippen LogP contribution in [0.5, 0.6) is 11.5 Å². The number of ether oxygens (including phenoxy) is 2. The minimum atomic E-state index is 0. The molecule has 0 aliphatic heterocycles. The summed E-state index contributed by atoms with van der Waals surface area (Å²) in [5, 5.41) is 4.49. The molecule has 0 saturated heterocycles. The number of nitrogens with zero attached hydrogens (tertiary/aromatic N) is 1. The molecular weight excluding hydrogens is 218 g/mol. The van der Waals surface area contributed by atoms with E-state index in [4.69, 9.17) is 14.0 Å². The van der Waals surface area contributed by atoms with Crippen LogP contribution in [0.25, 0.3) is 11.0 Å². The van der Waals surface area contributed by atoms with E-state index in [0.29, 0.717) is 17.1 Å². The molecular formula is C9H8NO3Ti-. The molecule has 1 aromatic heterocycles. The Hall–Kier alpha value is -0.996. The SMILES string of the molecule is COc1[c-]c(OC)c2oncc2c1.[Ti]. The van der Waals surface area contributed by atoms with Crippen LogP contribution in [0.2, 0.25) is 0 Å². The van der Waals surface area contributed by atoms with Crippen molar-refractivity contribution in [2.75, 3.05) is 14.2 Å². The van der Waals surface area contributed by atoms with Gasteiger partial charge in [-0.15, -0.1) is 11.2 Å². The van der Waals surface area contributed by atoms with Gasteiger partial charge in [0, 0.05) is 27.5 Å². The zero-order chi connectivity index (χ0) is 9.26. The molecule has 0 spiro atoms. The maximum Gasteiger partial charge on any atom is 0.0948 e. The van der Waals surface area contributed by atoms with Crippen molar-refractivity contribution in [2.45, 2.75) is 0 Å². The molecule has 2 rings (SSSR count). The summed E-state index contributed by atoms with van der Waals surface area (Å²) in [6.45, 7) is 0. The van der Waals surface area contributed by atoms with Gasteiger partial charge in [-0.05, 0) is 0 Å². The minimum absolute atomic E-state index is 0. The van der Waals surface area contributed by atoms with Crippen molar-refractivity contribution in [3.8, 4) is 11.5 Å². The van der Waals surface area contributed by atoms with E-state index in [1.807, 2.05) is 0 Å². The van der Waals surface area contributed by atoms with Crippen molar-refractivity contribution >= 4 is 11.0 Å².